The summed E-state index contributed by atoms with van der Waals surface area (Å²) >= 11 is 0. The lowest BCUT2D eigenvalue weighted by Gasteiger charge is -2.23. The largest absolute Gasteiger partial charge is 0.349 e. The quantitative estimate of drug-likeness (QED) is 0.827. The molecule has 1 aromatic rings. The van der Waals surface area contributed by atoms with Gasteiger partial charge in [0.25, 0.3) is 5.91 Å². The van der Waals surface area contributed by atoms with Crippen LogP contribution < -0.4 is 10.6 Å². The molecule has 0 aromatic carbocycles. The molecule has 2 rings (SSSR count). The van der Waals surface area contributed by atoms with E-state index in [1.165, 1.54) is 0 Å². The molecule has 0 radical (unpaired) electrons. The van der Waals surface area contributed by atoms with Crippen molar-refractivity contribution in [1.29, 1.82) is 0 Å². The molecule has 0 spiro atoms. The number of nitrogens with one attached hydrogen (secondary N) is 2. The summed E-state index contributed by atoms with van der Waals surface area (Å²) in [7, 11) is 0. The van der Waals surface area contributed by atoms with E-state index in [1.54, 1.807) is 6.20 Å². The van der Waals surface area contributed by atoms with Crippen molar-refractivity contribution in [3.63, 3.8) is 0 Å². The molecular weight excluding hydrogens is 228 g/mol. The Morgan fingerprint density at radius 2 is 2.11 bits per heavy atom. The molecule has 1 amide bonds. The van der Waals surface area contributed by atoms with Gasteiger partial charge in [-0.15, -0.1) is 0 Å². The predicted molar refractivity (Wildman–Crippen MR) is 70.6 cm³/mol. The first-order valence-electron chi connectivity index (χ1n) is 6.53. The Morgan fingerprint density at radius 3 is 2.67 bits per heavy atom. The van der Waals surface area contributed by atoms with Crippen molar-refractivity contribution in [2.24, 2.45) is 0 Å². The Hall–Kier alpha value is -1.36. The van der Waals surface area contributed by atoms with Crippen LogP contribution in [-0.4, -0.2) is 34.8 Å². The smallest absolute Gasteiger partial charge is 0.254 e. The van der Waals surface area contributed by atoms with Crippen molar-refractivity contribution in [3.8, 4) is 0 Å². The molecule has 1 aromatic heterocycles. The molecule has 0 unspecified atom stereocenters. The Balaban J connectivity index is 1.98. The highest BCUT2D eigenvalue weighted by Crippen LogP contribution is 2.13. The summed E-state index contributed by atoms with van der Waals surface area (Å²) in [5.41, 5.74) is 0.552. The van der Waals surface area contributed by atoms with Gasteiger partial charge in [-0.3, -0.25) is 9.48 Å². The maximum Gasteiger partial charge on any atom is 0.254 e. The van der Waals surface area contributed by atoms with Crippen LogP contribution in [0.4, 0.5) is 0 Å². The van der Waals surface area contributed by atoms with E-state index in [9.17, 15) is 4.79 Å². The molecule has 1 aliphatic rings. The highest BCUT2D eigenvalue weighted by atomic mass is 16.1. The number of aromatic nitrogens is 2. The standard InChI is InChI=1S/C13H22N4O/c1-13(2,3)17-9-10(8-15-17)12(18)16-11-4-6-14-7-5-11/h8-9,11,14H,4-7H2,1-3H3,(H,16,18). The van der Waals surface area contributed by atoms with Crippen molar-refractivity contribution in [2.75, 3.05) is 13.1 Å². The molecule has 2 N–H and O–H groups in total. The van der Waals surface area contributed by atoms with Crippen LogP contribution in [0.1, 0.15) is 44.0 Å². The number of hydrogen-bond acceptors (Lipinski definition) is 3. The second kappa shape index (κ2) is 5.10. The number of amides is 1. The molecule has 100 valence electrons. The van der Waals surface area contributed by atoms with E-state index in [2.05, 4.69) is 36.5 Å². The summed E-state index contributed by atoms with van der Waals surface area (Å²) < 4.78 is 1.82. The third kappa shape index (κ3) is 3.10. The first kappa shape index (κ1) is 13.1. The normalized spacial score (nSPS) is 17.7. The Bertz CT molecular complexity index is 413. The van der Waals surface area contributed by atoms with Gasteiger partial charge >= 0.3 is 0 Å². The minimum absolute atomic E-state index is 0.0163. The molecule has 1 saturated heterocycles. The molecule has 5 heteroatoms. The van der Waals surface area contributed by atoms with E-state index >= 15 is 0 Å². The van der Waals surface area contributed by atoms with Gasteiger partial charge in [0, 0.05) is 12.2 Å². The zero-order valence-electron chi connectivity index (χ0n) is 11.4. The highest BCUT2D eigenvalue weighted by molar-refractivity contribution is 5.93. The lowest BCUT2D eigenvalue weighted by molar-refractivity contribution is 0.0929. The summed E-state index contributed by atoms with van der Waals surface area (Å²) in [6.07, 6.45) is 5.45. The highest BCUT2D eigenvalue weighted by Gasteiger charge is 2.19. The van der Waals surface area contributed by atoms with Crippen LogP contribution in [0.15, 0.2) is 12.4 Å². The lowest BCUT2D eigenvalue weighted by Crippen LogP contribution is -2.42. The van der Waals surface area contributed by atoms with E-state index in [0.29, 0.717) is 5.56 Å². The van der Waals surface area contributed by atoms with Crippen molar-refractivity contribution < 1.29 is 4.79 Å². The van der Waals surface area contributed by atoms with E-state index in [1.807, 2.05) is 10.9 Å². The van der Waals surface area contributed by atoms with Gasteiger partial charge in [0.05, 0.1) is 17.3 Å². The Morgan fingerprint density at radius 1 is 1.44 bits per heavy atom. The van der Waals surface area contributed by atoms with Crippen LogP contribution in [0.2, 0.25) is 0 Å². The van der Waals surface area contributed by atoms with Crippen LogP contribution in [0, 0.1) is 0 Å². The second-order valence-electron chi connectivity index (χ2n) is 5.84. The van der Waals surface area contributed by atoms with Gasteiger partial charge in [-0.2, -0.15) is 5.10 Å². The molecule has 18 heavy (non-hydrogen) atoms. The average molecular weight is 250 g/mol. The molecule has 0 aliphatic carbocycles. The first-order valence-corrected chi connectivity index (χ1v) is 6.53. The number of piperidine rings is 1. The fourth-order valence-corrected chi connectivity index (χ4v) is 2.04. The first-order chi connectivity index (χ1) is 8.47. The summed E-state index contributed by atoms with van der Waals surface area (Å²) in [4.78, 5) is 12.1. The van der Waals surface area contributed by atoms with Crippen LogP contribution in [0.3, 0.4) is 0 Å². The van der Waals surface area contributed by atoms with Crippen LogP contribution >= 0.6 is 0 Å². The van der Waals surface area contributed by atoms with Gasteiger partial charge < -0.3 is 10.6 Å². The molecule has 5 nitrogen and oxygen atoms in total. The van der Waals surface area contributed by atoms with Crippen LogP contribution in [0.25, 0.3) is 0 Å². The third-order valence-electron chi connectivity index (χ3n) is 3.21. The fourth-order valence-electron chi connectivity index (χ4n) is 2.04. The topological polar surface area (TPSA) is 59.0 Å². The second-order valence-corrected chi connectivity index (χ2v) is 5.84. The maximum absolute atomic E-state index is 12.1. The summed E-state index contributed by atoms with van der Waals surface area (Å²) in [6, 6.07) is 0.289. The number of carbonyl (C=O) groups is 1. The SMILES string of the molecule is CC(C)(C)n1cc(C(=O)NC2CCNCC2)cn1. The minimum Gasteiger partial charge on any atom is -0.349 e. The monoisotopic (exact) mass is 250 g/mol. The number of hydrogen-bond donors (Lipinski definition) is 2. The molecule has 1 fully saturated rings. The number of nitrogens with zero attached hydrogens (tertiary/aromatic N) is 2. The maximum atomic E-state index is 12.1. The van der Waals surface area contributed by atoms with Gasteiger partial charge in [0.1, 0.15) is 0 Å². The lowest BCUT2D eigenvalue weighted by atomic mass is 10.1. The summed E-state index contributed by atoms with van der Waals surface area (Å²) in [5, 5.41) is 10.6. The van der Waals surface area contributed by atoms with Crippen molar-refractivity contribution in [2.45, 2.75) is 45.2 Å². The van der Waals surface area contributed by atoms with Gasteiger partial charge in [-0.25, -0.2) is 0 Å². The van der Waals surface area contributed by atoms with Gasteiger partial charge in [-0.05, 0) is 46.7 Å². The molecule has 0 saturated carbocycles. The molecule has 0 atom stereocenters. The van der Waals surface area contributed by atoms with E-state index in [-0.39, 0.29) is 17.5 Å². The Kier molecular flexibility index (Phi) is 3.71. The average Bonchev–Trinajstić information content (AvgIpc) is 2.79. The van der Waals surface area contributed by atoms with Crippen LogP contribution in [-0.2, 0) is 5.54 Å². The fraction of sp³-hybridized carbons (Fsp3) is 0.692. The van der Waals surface area contributed by atoms with E-state index in [0.717, 1.165) is 25.9 Å². The summed E-state index contributed by atoms with van der Waals surface area (Å²) in [6.45, 7) is 8.15. The predicted octanol–water partition coefficient (Wildman–Crippen LogP) is 1.12. The van der Waals surface area contributed by atoms with Crippen molar-refractivity contribution in [1.82, 2.24) is 20.4 Å². The van der Waals surface area contributed by atoms with Gasteiger partial charge in [0.15, 0.2) is 0 Å². The Labute approximate surface area is 108 Å². The van der Waals surface area contributed by atoms with Crippen molar-refractivity contribution in [3.05, 3.63) is 18.0 Å². The zero-order valence-corrected chi connectivity index (χ0v) is 11.4. The van der Waals surface area contributed by atoms with Gasteiger partial charge in [0.2, 0.25) is 0 Å². The summed E-state index contributed by atoms with van der Waals surface area (Å²) in [5.74, 6) is -0.0163. The molecular formula is C13H22N4O. The van der Waals surface area contributed by atoms with Crippen LogP contribution in [0.5, 0.6) is 0 Å². The third-order valence-corrected chi connectivity index (χ3v) is 3.21. The van der Waals surface area contributed by atoms with Gasteiger partial charge in [-0.1, -0.05) is 0 Å². The number of rotatable bonds is 2. The minimum atomic E-state index is -0.0900. The molecule has 2 heterocycles. The van der Waals surface area contributed by atoms with Crippen molar-refractivity contribution >= 4 is 5.91 Å². The zero-order chi connectivity index (χ0) is 13.2. The van der Waals surface area contributed by atoms with E-state index in [4.69, 9.17) is 0 Å². The van der Waals surface area contributed by atoms with E-state index < -0.39 is 0 Å². The molecule has 1 aliphatic heterocycles. The number of carbonyl (C=O) groups excluding carboxylic acids is 1. The molecule has 0 bridgehead atoms.